The van der Waals surface area contributed by atoms with Gasteiger partial charge in [0.05, 0.1) is 18.7 Å². The van der Waals surface area contributed by atoms with E-state index in [1.807, 2.05) is 19.9 Å². The highest BCUT2D eigenvalue weighted by Crippen LogP contribution is 2.22. The van der Waals surface area contributed by atoms with Crippen LogP contribution in [-0.4, -0.2) is 7.11 Å². The highest BCUT2D eigenvalue weighted by atomic mass is 16.5. The van der Waals surface area contributed by atoms with Gasteiger partial charge in [0.1, 0.15) is 5.75 Å². The number of hydrogen-bond donors (Lipinski definition) is 0. The van der Waals surface area contributed by atoms with Gasteiger partial charge in [-0.15, -0.1) is 0 Å². The molecule has 0 atom stereocenters. The monoisotopic (exact) mass is 161 g/mol. The number of benzene rings is 1. The van der Waals surface area contributed by atoms with Gasteiger partial charge in [0, 0.05) is 0 Å². The standard InChI is InChI=1S/C10H11NO/c1-7-4-9(6-11)5-10(12-3)8(7)2/h4-5H,1-3H3. The smallest absolute Gasteiger partial charge is 0.123 e. The first-order chi connectivity index (χ1) is 5.69. The van der Waals surface area contributed by atoms with Gasteiger partial charge in [-0.05, 0) is 37.1 Å². The molecule has 2 heteroatoms. The molecule has 1 rings (SSSR count). The van der Waals surface area contributed by atoms with Crippen LogP contribution in [-0.2, 0) is 0 Å². The van der Waals surface area contributed by atoms with Crippen LogP contribution in [0, 0.1) is 25.2 Å². The second-order valence-corrected chi connectivity index (χ2v) is 2.73. The first kappa shape index (κ1) is 8.61. The summed E-state index contributed by atoms with van der Waals surface area (Å²) in [6.45, 7) is 3.95. The minimum Gasteiger partial charge on any atom is -0.496 e. The summed E-state index contributed by atoms with van der Waals surface area (Å²) in [7, 11) is 1.61. The van der Waals surface area contributed by atoms with Gasteiger partial charge in [0.25, 0.3) is 0 Å². The molecule has 1 aromatic rings. The number of ether oxygens (including phenoxy) is 1. The third kappa shape index (κ3) is 1.40. The highest BCUT2D eigenvalue weighted by Gasteiger charge is 2.03. The zero-order valence-electron chi connectivity index (χ0n) is 7.51. The van der Waals surface area contributed by atoms with E-state index in [9.17, 15) is 0 Å². The Morgan fingerprint density at radius 3 is 2.50 bits per heavy atom. The molecule has 0 saturated carbocycles. The van der Waals surface area contributed by atoms with Crippen molar-refractivity contribution < 1.29 is 4.74 Å². The Labute approximate surface area is 72.4 Å². The average molecular weight is 161 g/mol. The molecule has 0 aliphatic carbocycles. The second kappa shape index (κ2) is 3.27. The van der Waals surface area contributed by atoms with Crippen molar-refractivity contribution in [2.45, 2.75) is 13.8 Å². The van der Waals surface area contributed by atoms with Crippen LogP contribution in [0.4, 0.5) is 0 Å². The van der Waals surface area contributed by atoms with E-state index in [1.165, 1.54) is 0 Å². The SMILES string of the molecule is COc1cc(C#N)cc(C)c1C. The van der Waals surface area contributed by atoms with Crippen molar-refractivity contribution in [2.24, 2.45) is 0 Å². The molecule has 0 saturated heterocycles. The fourth-order valence-corrected chi connectivity index (χ4v) is 1.10. The van der Waals surface area contributed by atoms with Gasteiger partial charge in [0.15, 0.2) is 0 Å². The fourth-order valence-electron chi connectivity index (χ4n) is 1.10. The van der Waals surface area contributed by atoms with Crippen molar-refractivity contribution in [3.05, 3.63) is 28.8 Å². The summed E-state index contributed by atoms with van der Waals surface area (Å²) in [5, 5.41) is 8.67. The van der Waals surface area contributed by atoms with Crippen LogP contribution < -0.4 is 4.74 Å². The lowest BCUT2D eigenvalue weighted by molar-refractivity contribution is 0.411. The Bertz CT molecular complexity index is 336. The molecule has 0 bridgehead atoms. The predicted octanol–water partition coefficient (Wildman–Crippen LogP) is 2.18. The molecule has 62 valence electrons. The Balaban J connectivity index is 3.31. The molecule has 0 spiro atoms. The zero-order chi connectivity index (χ0) is 9.14. The Morgan fingerprint density at radius 2 is 2.00 bits per heavy atom. The van der Waals surface area contributed by atoms with Crippen LogP contribution in [0.2, 0.25) is 0 Å². The van der Waals surface area contributed by atoms with Gasteiger partial charge in [0.2, 0.25) is 0 Å². The Morgan fingerprint density at radius 1 is 1.33 bits per heavy atom. The van der Waals surface area contributed by atoms with Crippen molar-refractivity contribution in [3.8, 4) is 11.8 Å². The fraction of sp³-hybridized carbons (Fsp3) is 0.300. The van der Waals surface area contributed by atoms with Crippen molar-refractivity contribution in [3.63, 3.8) is 0 Å². The largest absolute Gasteiger partial charge is 0.496 e. The first-order valence-corrected chi connectivity index (χ1v) is 3.74. The highest BCUT2D eigenvalue weighted by molar-refractivity contribution is 5.46. The molecular weight excluding hydrogens is 150 g/mol. The summed E-state index contributed by atoms with van der Waals surface area (Å²) in [4.78, 5) is 0. The molecule has 0 amide bonds. The summed E-state index contributed by atoms with van der Waals surface area (Å²) in [5.74, 6) is 0.784. The lowest BCUT2D eigenvalue weighted by Crippen LogP contribution is -1.91. The van der Waals surface area contributed by atoms with Gasteiger partial charge >= 0.3 is 0 Å². The number of methoxy groups -OCH3 is 1. The minimum absolute atomic E-state index is 0.648. The molecule has 0 aliphatic rings. The summed E-state index contributed by atoms with van der Waals surface area (Å²) >= 11 is 0. The molecular formula is C10H11NO. The Kier molecular flexibility index (Phi) is 2.35. The molecule has 1 aromatic carbocycles. The van der Waals surface area contributed by atoms with Crippen LogP contribution >= 0.6 is 0 Å². The van der Waals surface area contributed by atoms with Crippen molar-refractivity contribution >= 4 is 0 Å². The average Bonchev–Trinajstić information content (AvgIpc) is 2.09. The van der Waals surface area contributed by atoms with Crippen molar-refractivity contribution in [2.75, 3.05) is 7.11 Å². The maximum Gasteiger partial charge on any atom is 0.123 e. The van der Waals surface area contributed by atoms with Crippen LogP contribution in [0.15, 0.2) is 12.1 Å². The molecule has 0 aromatic heterocycles. The summed E-state index contributed by atoms with van der Waals surface area (Å²) in [6.07, 6.45) is 0. The van der Waals surface area contributed by atoms with E-state index >= 15 is 0 Å². The predicted molar refractivity (Wildman–Crippen MR) is 47.2 cm³/mol. The molecule has 0 fully saturated rings. The molecule has 0 N–H and O–H groups in total. The van der Waals surface area contributed by atoms with E-state index in [1.54, 1.807) is 13.2 Å². The number of nitrogens with zero attached hydrogens (tertiary/aromatic N) is 1. The molecule has 12 heavy (non-hydrogen) atoms. The summed E-state index contributed by atoms with van der Waals surface area (Å²) < 4.78 is 5.12. The number of rotatable bonds is 1. The van der Waals surface area contributed by atoms with Crippen LogP contribution in [0.5, 0.6) is 5.75 Å². The molecule has 2 nitrogen and oxygen atoms in total. The lowest BCUT2D eigenvalue weighted by Gasteiger charge is -2.07. The van der Waals surface area contributed by atoms with Gasteiger partial charge in [-0.2, -0.15) is 5.26 Å². The molecule has 0 aliphatic heterocycles. The second-order valence-electron chi connectivity index (χ2n) is 2.73. The third-order valence-corrected chi connectivity index (χ3v) is 1.97. The van der Waals surface area contributed by atoms with E-state index < -0.39 is 0 Å². The van der Waals surface area contributed by atoms with E-state index in [0.29, 0.717) is 5.56 Å². The van der Waals surface area contributed by atoms with Gasteiger partial charge in [-0.25, -0.2) is 0 Å². The van der Waals surface area contributed by atoms with Crippen molar-refractivity contribution in [1.82, 2.24) is 0 Å². The normalized spacial score (nSPS) is 9.17. The van der Waals surface area contributed by atoms with Gasteiger partial charge in [-0.3, -0.25) is 0 Å². The summed E-state index contributed by atoms with van der Waals surface area (Å²) in [5.41, 5.74) is 2.83. The van der Waals surface area contributed by atoms with Crippen LogP contribution in [0.25, 0.3) is 0 Å². The third-order valence-electron chi connectivity index (χ3n) is 1.97. The van der Waals surface area contributed by atoms with E-state index in [-0.39, 0.29) is 0 Å². The van der Waals surface area contributed by atoms with E-state index in [2.05, 4.69) is 6.07 Å². The van der Waals surface area contributed by atoms with Gasteiger partial charge < -0.3 is 4.74 Å². The van der Waals surface area contributed by atoms with E-state index in [0.717, 1.165) is 16.9 Å². The number of nitriles is 1. The Hall–Kier alpha value is -1.49. The maximum absolute atomic E-state index is 8.67. The first-order valence-electron chi connectivity index (χ1n) is 3.74. The topological polar surface area (TPSA) is 33.0 Å². The quantitative estimate of drug-likeness (QED) is 0.632. The minimum atomic E-state index is 0.648. The lowest BCUT2D eigenvalue weighted by atomic mass is 10.1. The van der Waals surface area contributed by atoms with Crippen molar-refractivity contribution in [1.29, 1.82) is 5.26 Å². The van der Waals surface area contributed by atoms with Gasteiger partial charge in [-0.1, -0.05) is 0 Å². The zero-order valence-corrected chi connectivity index (χ0v) is 7.51. The maximum atomic E-state index is 8.67. The van der Waals surface area contributed by atoms with Crippen LogP contribution in [0.1, 0.15) is 16.7 Å². The van der Waals surface area contributed by atoms with E-state index in [4.69, 9.17) is 10.00 Å². The number of aryl methyl sites for hydroxylation is 1. The molecule has 0 heterocycles. The number of hydrogen-bond acceptors (Lipinski definition) is 2. The molecule has 0 radical (unpaired) electrons. The molecule has 0 unspecified atom stereocenters. The van der Waals surface area contributed by atoms with Crippen LogP contribution in [0.3, 0.4) is 0 Å². The summed E-state index contributed by atoms with van der Waals surface area (Å²) in [6, 6.07) is 5.70.